The highest BCUT2D eigenvalue weighted by Gasteiger charge is 2.36. The Morgan fingerprint density at radius 3 is 1.82 bits per heavy atom. The Balaban J connectivity index is 1.92. The largest absolute Gasteiger partial charge is 0.0654 e. The molecule has 0 radical (unpaired) electrons. The summed E-state index contributed by atoms with van der Waals surface area (Å²) < 4.78 is 0. The van der Waals surface area contributed by atoms with E-state index in [0.717, 1.165) is 17.8 Å². The van der Waals surface area contributed by atoms with Crippen molar-refractivity contribution in [1.82, 2.24) is 0 Å². The first kappa shape index (κ1) is 26.8. The number of unbranched alkanes of at least 4 members (excludes halogenated alkanes) is 6. The fraction of sp³-hybridized carbons (Fsp3) is 0.818. The third kappa shape index (κ3) is 7.86. The fourth-order valence-electron chi connectivity index (χ4n) is 7.30. The van der Waals surface area contributed by atoms with Gasteiger partial charge in [-0.3, -0.25) is 0 Å². The van der Waals surface area contributed by atoms with Crippen LogP contribution < -0.4 is 0 Å². The molecule has 0 N–H and O–H groups in total. The Kier molecular flexibility index (Phi) is 12.4. The van der Waals surface area contributed by atoms with Crippen LogP contribution in [0.3, 0.4) is 0 Å². The van der Waals surface area contributed by atoms with Crippen LogP contribution in [0.5, 0.6) is 0 Å². The third-order valence-corrected chi connectivity index (χ3v) is 9.15. The summed E-state index contributed by atoms with van der Waals surface area (Å²) in [5.74, 6) is 2.85. The predicted octanol–water partition coefficient (Wildman–Crippen LogP) is 10.7. The third-order valence-electron chi connectivity index (χ3n) is 9.15. The van der Waals surface area contributed by atoms with Crippen LogP contribution in [0.2, 0.25) is 0 Å². The van der Waals surface area contributed by atoms with Crippen LogP contribution in [-0.4, -0.2) is 0 Å². The zero-order valence-corrected chi connectivity index (χ0v) is 22.7. The number of aryl methyl sites for hydroxylation is 1. The first-order valence-corrected chi connectivity index (χ1v) is 15.4. The zero-order valence-electron chi connectivity index (χ0n) is 22.7. The molecule has 0 spiro atoms. The normalized spacial score (nSPS) is 22.0. The molecule has 0 bridgehead atoms. The van der Waals surface area contributed by atoms with Gasteiger partial charge in [-0.05, 0) is 91.4 Å². The van der Waals surface area contributed by atoms with Gasteiger partial charge in [-0.15, -0.1) is 0 Å². The van der Waals surface area contributed by atoms with Crippen LogP contribution in [0, 0.1) is 11.8 Å². The van der Waals surface area contributed by atoms with Gasteiger partial charge in [0.05, 0.1) is 0 Å². The Hall–Kier alpha value is -0.780. The van der Waals surface area contributed by atoms with Crippen molar-refractivity contribution in [3.8, 4) is 0 Å². The lowest BCUT2D eigenvalue weighted by Crippen LogP contribution is -2.19. The molecule has 0 heteroatoms. The maximum atomic E-state index is 2.66. The molecule has 2 saturated carbocycles. The Morgan fingerprint density at radius 1 is 0.576 bits per heavy atom. The molecule has 0 heterocycles. The standard InChI is InChI=1S/C33H56/c1-4-7-12-18-28-25-26-33(31(22-14-9-6-3)29(28)21-13-8-5-2)32-24-17-23-30(32)27-19-15-10-11-16-20-27/h25-27,30,32H,4-24H2,1-3H3. The first-order chi connectivity index (χ1) is 16.3. The van der Waals surface area contributed by atoms with E-state index in [1.54, 1.807) is 5.56 Å². The van der Waals surface area contributed by atoms with E-state index >= 15 is 0 Å². The minimum atomic E-state index is 0.861. The van der Waals surface area contributed by atoms with E-state index in [4.69, 9.17) is 0 Å². The molecule has 3 rings (SSSR count). The summed E-state index contributed by atoms with van der Waals surface area (Å²) in [5.41, 5.74) is 7.21. The summed E-state index contributed by atoms with van der Waals surface area (Å²) in [6.45, 7) is 7.06. The van der Waals surface area contributed by atoms with Gasteiger partial charge in [0.2, 0.25) is 0 Å². The van der Waals surface area contributed by atoms with Gasteiger partial charge in [-0.25, -0.2) is 0 Å². The van der Waals surface area contributed by atoms with Gasteiger partial charge in [0.1, 0.15) is 0 Å². The van der Waals surface area contributed by atoms with Crippen molar-refractivity contribution in [3.63, 3.8) is 0 Å². The van der Waals surface area contributed by atoms with Crippen molar-refractivity contribution in [2.24, 2.45) is 11.8 Å². The second-order valence-corrected chi connectivity index (χ2v) is 11.6. The Labute approximate surface area is 207 Å². The van der Waals surface area contributed by atoms with Gasteiger partial charge >= 0.3 is 0 Å². The van der Waals surface area contributed by atoms with Crippen molar-refractivity contribution >= 4 is 0 Å². The summed E-state index contributed by atoms with van der Waals surface area (Å²) in [5, 5.41) is 0. The van der Waals surface area contributed by atoms with Gasteiger partial charge in [0.15, 0.2) is 0 Å². The van der Waals surface area contributed by atoms with Crippen LogP contribution in [-0.2, 0) is 19.3 Å². The lowest BCUT2D eigenvalue weighted by molar-refractivity contribution is 0.278. The molecule has 0 nitrogen and oxygen atoms in total. The minimum absolute atomic E-state index is 0.861. The molecule has 1 aromatic carbocycles. The summed E-state index contributed by atoms with van der Waals surface area (Å²) in [7, 11) is 0. The minimum Gasteiger partial charge on any atom is -0.0654 e. The summed E-state index contributed by atoms with van der Waals surface area (Å²) in [6.07, 6.45) is 29.8. The molecule has 2 unspecified atom stereocenters. The summed E-state index contributed by atoms with van der Waals surface area (Å²) in [4.78, 5) is 0. The molecular weight excluding hydrogens is 396 g/mol. The molecule has 1 aromatic rings. The summed E-state index contributed by atoms with van der Waals surface area (Å²) in [6, 6.07) is 5.27. The van der Waals surface area contributed by atoms with E-state index < -0.39 is 0 Å². The lowest BCUT2D eigenvalue weighted by Gasteiger charge is -2.31. The van der Waals surface area contributed by atoms with Crippen LogP contribution in [0.1, 0.15) is 165 Å². The maximum Gasteiger partial charge on any atom is -0.0128 e. The van der Waals surface area contributed by atoms with Crippen molar-refractivity contribution in [2.45, 2.75) is 162 Å². The average molecular weight is 453 g/mol. The van der Waals surface area contributed by atoms with E-state index in [2.05, 4.69) is 32.9 Å². The maximum absolute atomic E-state index is 2.66. The van der Waals surface area contributed by atoms with Gasteiger partial charge < -0.3 is 0 Å². The van der Waals surface area contributed by atoms with Crippen molar-refractivity contribution in [1.29, 1.82) is 0 Å². The molecule has 0 aromatic heterocycles. The fourth-order valence-corrected chi connectivity index (χ4v) is 7.30. The topological polar surface area (TPSA) is 0 Å². The van der Waals surface area contributed by atoms with Crippen molar-refractivity contribution in [3.05, 3.63) is 34.4 Å². The highest BCUT2D eigenvalue weighted by molar-refractivity contribution is 5.44. The van der Waals surface area contributed by atoms with Crippen molar-refractivity contribution in [2.75, 3.05) is 0 Å². The number of rotatable bonds is 14. The number of hydrogen-bond acceptors (Lipinski definition) is 0. The van der Waals surface area contributed by atoms with Crippen molar-refractivity contribution < 1.29 is 0 Å². The van der Waals surface area contributed by atoms with Crippen LogP contribution in [0.25, 0.3) is 0 Å². The van der Waals surface area contributed by atoms with Gasteiger partial charge in [0, 0.05) is 0 Å². The van der Waals surface area contributed by atoms with E-state index in [1.807, 2.05) is 16.7 Å². The Morgan fingerprint density at radius 2 is 1.18 bits per heavy atom. The molecule has 0 aliphatic heterocycles. The van der Waals surface area contributed by atoms with E-state index in [-0.39, 0.29) is 0 Å². The van der Waals surface area contributed by atoms with E-state index in [1.165, 1.54) is 135 Å². The quantitative estimate of drug-likeness (QED) is 0.194. The number of hydrogen-bond donors (Lipinski definition) is 0. The molecule has 2 atom stereocenters. The van der Waals surface area contributed by atoms with Crippen LogP contribution in [0.4, 0.5) is 0 Å². The Bertz CT molecular complexity index is 648. The summed E-state index contributed by atoms with van der Waals surface area (Å²) >= 11 is 0. The monoisotopic (exact) mass is 452 g/mol. The highest BCUT2D eigenvalue weighted by Crippen LogP contribution is 2.49. The molecule has 2 aliphatic rings. The molecule has 2 aliphatic carbocycles. The predicted molar refractivity (Wildman–Crippen MR) is 147 cm³/mol. The van der Waals surface area contributed by atoms with E-state index in [0.29, 0.717) is 0 Å². The average Bonchev–Trinajstić information content (AvgIpc) is 3.15. The molecule has 188 valence electrons. The molecular formula is C33H56. The molecule has 33 heavy (non-hydrogen) atoms. The van der Waals surface area contributed by atoms with Gasteiger partial charge in [-0.2, -0.15) is 0 Å². The second-order valence-electron chi connectivity index (χ2n) is 11.6. The van der Waals surface area contributed by atoms with Crippen LogP contribution in [0.15, 0.2) is 12.1 Å². The number of benzene rings is 1. The zero-order chi connectivity index (χ0) is 23.3. The first-order valence-electron chi connectivity index (χ1n) is 15.4. The molecule has 0 amide bonds. The van der Waals surface area contributed by atoms with E-state index in [9.17, 15) is 0 Å². The van der Waals surface area contributed by atoms with Gasteiger partial charge in [0.25, 0.3) is 0 Å². The molecule has 0 saturated heterocycles. The lowest BCUT2D eigenvalue weighted by atomic mass is 9.74. The van der Waals surface area contributed by atoms with Gasteiger partial charge in [-0.1, -0.05) is 116 Å². The smallest absolute Gasteiger partial charge is 0.0128 e. The molecule has 2 fully saturated rings. The van der Waals surface area contributed by atoms with Crippen LogP contribution >= 0.6 is 0 Å². The second kappa shape index (κ2) is 15.3. The highest BCUT2D eigenvalue weighted by atomic mass is 14.4. The SMILES string of the molecule is CCCCCc1ccc(C2CCCC2C2CCCCCC2)c(CCCCC)c1CCCCC.